The van der Waals surface area contributed by atoms with Crippen molar-refractivity contribution in [2.75, 3.05) is 18.5 Å². The van der Waals surface area contributed by atoms with E-state index in [4.69, 9.17) is 16.3 Å². The summed E-state index contributed by atoms with van der Waals surface area (Å²) in [6, 6.07) is 9.86. The molecule has 0 amide bonds. The van der Waals surface area contributed by atoms with Crippen LogP contribution in [0.1, 0.15) is 12.0 Å². The van der Waals surface area contributed by atoms with E-state index in [0.29, 0.717) is 12.5 Å². The number of benzene rings is 1. The van der Waals surface area contributed by atoms with Crippen LogP contribution in [0.3, 0.4) is 0 Å². The molecular formula is C18H19ClN4O. The van der Waals surface area contributed by atoms with E-state index >= 15 is 0 Å². The Morgan fingerprint density at radius 2 is 2.25 bits per heavy atom. The summed E-state index contributed by atoms with van der Waals surface area (Å²) in [5.41, 5.74) is 2.06. The van der Waals surface area contributed by atoms with Gasteiger partial charge in [0.2, 0.25) is 0 Å². The van der Waals surface area contributed by atoms with E-state index in [1.165, 1.54) is 0 Å². The average Bonchev–Trinajstić information content (AvgIpc) is 3.25. The highest BCUT2D eigenvalue weighted by Crippen LogP contribution is 2.23. The second kappa shape index (κ2) is 6.79. The zero-order valence-electron chi connectivity index (χ0n) is 13.3. The van der Waals surface area contributed by atoms with E-state index in [1.54, 1.807) is 0 Å². The molecule has 1 N–H and O–H groups in total. The Morgan fingerprint density at radius 3 is 3.12 bits per heavy atom. The number of rotatable bonds is 5. The Kier molecular flexibility index (Phi) is 4.36. The summed E-state index contributed by atoms with van der Waals surface area (Å²) in [4.78, 5) is 4.49. The fourth-order valence-electron chi connectivity index (χ4n) is 3.15. The summed E-state index contributed by atoms with van der Waals surface area (Å²) in [5.74, 6) is 1.55. The van der Waals surface area contributed by atoms with Gasteiger partial charge in [-0.25, -0.2) is 4.68 Å². The van der Waals surface area contributed by atoms with Crippen molar-refractivity contribution in [3.63, 3.8) is 0 Å². The Labute approximate surface area is 145 Å². The molecule has 1 aliphatic heterocycles. The molecule has 24 heavy (non-hydrogen) atoms. The van der Waals surface area contributed by atoms with Crippen LogP contribution in [-0.2, 0) is 17.8 Å². The van der Waals surface area contributed by atoms with Gasteiger partial charge in [0.25, 0.3) is 0 Å². The molecule has 1 saturated heterocycles. The molecule has 1 fully saturated rings. The van der Waals surface area contributed by atoms with E-state index in [0.717, 1.165) is 53.5 Å². The zero-order chi connectivity index (χ0) is 16.4. The quantitative estimate of drug-likeness (QED) is 0.767. The summed E-state index contributed by atoms with van der Waals surface area (Å²) in [6.07, 6.45) is 4.73. The van der Waals surface area contributed by atoms with Crippen molar-refractivity contribution in [1.29, 1.82) is 0 Å². The van der Waals surface area contributed by atoms with Gasteiger partial charge >= 0.3 is 0 Å². The molecule has 6 heteroatoms. The first-order valence-electron chi connectivity index (χ1n) is 8.16. The first-order valence-corrected chi connectivity index (χ1v) is 8.54. The van der Waals surface area contributed by atoms with Gasteiger partial charge in [-0.2, -0.15) is 5.10 Å². The lowest BCUT2D eigenvalue weighted by atomic mass is 10.1. The standard InChI is InChI=1S/C18H19ClN4O/c19-16-8-14-2-1-5-20-18(14)15(9-16)10-21-17-3-6-22-23(17)11-13-4-7-24-12-13/h1-3,5-6,8-9,13,21H,4,7,10-12H2. The van der Waals surface area contributed by atoms with Gasteiger partial charge in [-0.15, -0.1) is 0 Å². The molecule has 4 rings (SSSR count). The molecule has 124 valence electrons. The smallest absolute Gasteiger partial charge is 0.124 e. The molecular weight excluding hydrogens is 324 g/mol. The number of nitrogens with zero attached hydrogens (tertiary/aromatic N) is 3. The van der Waals surface area contributed by atoms with Crippen molar-refractivity contribution in [3.05, 3.63) is 53.3 Å². The number of aromatic nitrogens is 3. The Balaban J connectivity index is 1.52. The van der Waals surface area contributed by atoms with Crippen LogP contribution in [0.5, 0.6) is 0 Å². The number of nitrogens with one attached hydrogen (secondary N) is 1. The fourth-order valence-corrected chi connectivity index (χ4v) is 3.40. The van der Waals surface area contributed by atoms with Crippen LogP contribution in [0.15, 0.2) is 42.7 Å². The third-order valence-corrected chi connectivity index (χ3v) is 4.60. The van der Waals surface area contributed by atoms with E-state index in [-0.39, 0.29) is 0 Å². The zero-order valence-corrected chi connectivity index (χ0v) is 14.0. The van der Waals surface area contributed by atoms with Gasteiger partial charge in [0.15, 0.2) is 0 Å². The number of fused-ring (bicyclic) bond motifs is 1. The largest absolute Gasteiger partial charge is 0.381 e. The lowest BCUT2D eigenvalue weighted by molar-refractivity contribution is 0.181. The predicted molar refractivity (Wildman–Crippen MR) is 95.2 cm³/mol. The van der Waals surface area contributed by atoms with Crippen LogP contribution in [0.4, 0.5) is 5.82 Å². The van der Waals surface area contributed by atoms with Gasteiger partial charge in [-0.1, -0.05) is 17.7 Å². The van der Waals surface area contributed by atoms with Crippen molar-refractivity contribution in [1.82, 2.24) is 14.8 Å². The third-order valence-electron chi connectivity index (χ3n) is 4.38. The van der Waals surface area contributed by atoms with Gasteiger partial charge in [0, 0.05) is 48.3 Å². The van der Waals surface area contributed by atoms with Crippen LogP contribution < -0.4 is 5.32 Å². The van der Waals surface area contributed by atoms with Crippen molar-refractivity contribution in [2.24, 2.45) is 5.92 Å². The first-order chi connectivity index (χ1) is 11.8. The molecule has 3 heterocycles. The summed E-state index contributed by atoms with van der Waals surface area (Å²) in [7, 11) is 0. The molecule has 0 aliphatic carbocycles. The minimum atomic E-state index is 0.541. The monoisotopic (exact) mass is 342 g/mol. The highest BCUT2D eigenvalue weighted by atomic mass is 35.5. The molecule has 1 aromatic carbocycles. The summed E-state index contributed by atoms with van der Waals surface area (Å²) >= 11 is 6.24. The number of pyridine rings is 1. The maximum Gasteiger partial charge on any atom is 0.124 e. The van der Waals surface area contributed by atoms with Crippen molar-refractivity contribution in [3.8, 4) is 0 Å². The average molecular weight is 343 g/mol. The summed E-state index contributed by atoms with van der Waals surface area (Å²) in [6.45, 7) is 3.21. The Bertz CT molecular complexity index is 842. The van der Waals surface area contributed by atoms with Gasteiger partial charge < -0.3 is 10.1 Å². The number of hydrogen-bond acceptors (Lipinski definition) is 4. The van der Waals surface area contributed by atoms with Crippen LogP contribution in [0, 0.1) is 5.92 Å². The molecule has 0 bridgehead atoms. The second-order valence-electron chi connectivity index (χ2n) is 6.12. The Hall–Kier alpha value is -2.11. The lowest BCUT2D eigenvalue weighted by Gasteiger charge is -2.14. The normalized spacial score (nSPS) is 17.5. The Morgan fingerprint density at radius 1 is 1.29 bits per heavy atom. The van der Waals surface area contributed by atoms with Crippen LogP contribution in [-0.4, -0.2) is 28.0 Å². The van der Waals surface area contributed by atoms with Gasteiger partial charge in [0.1, 0.15) is 5.82 Å². The maximum atomic E-state index is 6.24. The summed E-state index contributed by atoms with van der Waals surface area (Å²) < 4.78 is 7.47. The minimum Gasteiger partial charge on any atom is -0.381 e. The molecule has 1 unspecified atom stereocenters. The SMILES string of the molecule is Clc1cc(CNc2ccnn2CC2CCOC2)c2ncccc2c1. The predicted octanol–water partition coefficient (Wildman–Crippen LogP) is 3.73. The number of ether oxygens (including phenoxy) is 1. The van der Waals surface area contributed by atoms with Gasteiger partial charge in [-0.05, 0) is 30.2 Å². The number of hydrogen-bond donors (Lipinski definition) is 1. The highest BCUT2D eigenvalue weighted by Gasteiger charge is 2.17. The van der Waals surface area contributed by atoms with Crippen molar-refractivity contribution >= 4 is 28.3 Å². The second-order valence-corrected chi connectivity index (χ2v) is 6.56. The molecule has 0 radical (unpaired) electrons. The van der Waals surface area contributed by atoms with Crippen LogP contribution >= 0.6 is 11.6 Å². The molecule has 3 aromatic rings. The fraction of sp³-hybridized carbons (Fsp3) is 0.333. The third kappa shape index (κ3) is 3.23. The summed E-state index contributed by atoms with van der Waals surface area (Å²) in [5, 5.41) is 9.67. The number of anilines is 1. The van der Waals surface area contributed by atoms with E-state index in [1.807, 2.05) is 47.4 Å². The van der Waals surface area contributed by atoms with E-state index in [2.05, 4.69) is 15.4 Å². The minimum absolute atomic E-state index is 0.541. The lowest BCUT2D eigenvalue weighted by Crippen LogP contribution is -2.15. The topological polar surface area (TPSA) is 52.0 Å². The van der Waals surface area contributed by atoms with Crippen molar-refractivity contribution < 1.29 is 4.74 Å². The highest BCUT2D eigenvalue weighted by molar-refractivity contribution is 6.31. The molecule has 2 aromatic heterocycles. The molecule has 5 nitrogen and oxygen atoms in total. The van der Waals surface area contributed by atoms with Crippen LogP contribution in [0.2, 0.25) is 5.02 Å². The molecule has 1 aliphatic rings. The molecule has 0 saturated carbocycles. The number of halogens is 1. The van der Waals surface area contributed by atoms with E-state index < -0.39 is 0 Å². The van der Waals surface area contributed by atoms with Crippen LogP contribution in [0.25, 0.3) is 10.9 Å². The molecule has 0 spiro atoms. The van der Waals surface area contributed by atoms with Crippen molar-refractivity contribution in [2.45, 2.75) is 19.5 Å². The first kappa shape index (κ1) is 15.4. The maximum absolute atomic E-state index is 6.24. The van der Waals surface area contributed by atoms with Gasteiger partial charge in [-0.3, -0.25) is 4.98 Å². The molecule has 1 atom stereocenters. The van der Waals surface area contributed by atoms with E-state index in [9.17, 15) is 0 Å². The van der Waals surface area contributed by atoms with Gasteiger partial charge in [0.05, 0.1) is 18.3 Å².